The van der Waals surface area contributed by atoms with Gasteiger partial charge in [0.1, 0.15) is 11.8 Å². The van der Waals surface area contributed by atoms with Crippen molar-refractivity contribution in [2.75, 3.05) is 19.6 Å². The summed E-state index contributed by atoms with van der Waals surface area (Å²) in [5, 5.41) is 16.9. The minimum absolute atomic E-state index is 0.00536. The van der Waals surface area contributed by atoms with Gasteiger partial charge in [0.05, 0.1) is 23.4 Å². The Kier molecular flexibility index (Phi) is 5.92. The first-order valence-corrected chi connectivity index (χ1v) is 12.3. The second kappa shape index (κ2) is 8.87. The predicted octanol–water partition coefficient (Wildman–Crippen LogP) is 4.58. The number of likely N-dealkylation sites (tertiary alicyclic amines) is 1. The average molecular weight is 468 g/mol. The number of amides is 1. The number of carbonyl (C=O) groups excluding carboxylic acids is 1. The van der Waals surface area contributed by atoms with E-state index < -0.39 is 0 Å². The minimum Gasteiger partial charge on any atom is -0.467 e. The Balaban J connectivity index is 1.23. The normalized spacial score (nSPS) is 20.4. The predicted molar refractivity (Wildman–Crippen MR) is 125 cm³/mol. The number of furan rings is 1. The Morgan fingerprint density at radius 1 is 1.18 bits per heavy atom. The summed E-state index contributed by atoms with van der Waals surface area (Å²) in [5.41, 5.74) is 0.783. The van der Waals surface area contributed by atoms with Crippen LogP contribution in [0.2, 0.25) is 0 Å². The molecule has 0 spiro atoms. The van der Waals surface area contributed by atoms with E-state index in [1.165, 1.54) is 0 Å². The van der Waals surface area contributed by atoms with Crippen molar-refractivity contribution in [2.45, 2.75) is 57.4 Å². The summed E-state index contributed by atoms with van der Waals surface area (Å²) in [6, 6.07) is 7.63. The van der Waals surface area contributed by atoms with Crippen LogP contribution in [0.3, 0.4) is 0 Å². The second-order valence-corrected chi connectivity index (χ2v) is 10.7. The van der Waals surface area contributed by atoms with Crippen LogP contribution in [-0.4, -0.2) is 51.4 Å². The summed E-state index contributed by atoms with van der Waals surface area (Å²) in [6.07, 6.45) is 4.10. The van der Waals surface area contributed by atoms with Crippen LogP contribution in [0, 0.1) is 0 Å². The molecule has 1 fully saturated rings. The Labute approximate surface area is 197 Å². The van der Waals surface area contributed by atoms with E-state index in [2.05, 4.69) is 35.9 Å². The fourth-order valence-corrected chi connectivity index (χ4v) is 5.06. The van der Waals surface area contributed by atoms with Crippen molar-refractivity contribution < 1.29 is 13.6 Å². The standard InChI is InChI=1S/C24H29N5O3S/c1-24(2,3)23-26-25-22(32-23)16-8-10-28(11-9-16)15-21(30)29-18(19-6-4-12-31-19)14-17(27-29)20-7-5-13-33-20/h4-7,12-13,16,18H,8-11,14-15H2,1-3H3/t18-/m0/s1. The minimum atomic E-state index is -0.198. The SMILES string of the molecule is CC(C)(C)c1nnc(C2CCN(CC(=O)N3N=C(c4cccs4)C[C@H]3c3ccco3)CC2)o1. The zero-order valence-electron chi connectivity index (χ0n) is 19.2. The van der Waals surface area contributed by atoms with Gasteiger partial charge in [-0.25, -0.2) is 5.01 Å². The highest BCUT2D eigenvalue weighted by Gasteiger charge is 2.36. The van der Waals surface area contributed by atoms with Gasteiger partial charge >= 0.3 is 0 Å². The lowest BCUT2D eigenvalue weighted by Crippen LogP contribution is -2.41. The molecule has 0 aliphatic carbocycles. The highest BCUT2D eigenvalue weighted by molar-refractivity contribution is 7.12. The molecule has 174 valence electrons. The summed E-state index contributed by atoms with van der Waals surface area (Å²) in [5.74, 6) is 2.39. The number of thiophene rings is 1. The molecule has 0 saturated carbocycles. The van der Waals surface area contributed by atoms with E-state index in [1.54, 1.807) is 22.6 Å². The first-order chi connectivity index (χ1) is 15.9. The monoisotopic (exact) mass is 467 g/mol. The summed E-state index contributed by atoms with van der Waals surface area (Å²) in [4.78, 5) is 16.6. The maximum absolute atomic E-state index is 13.3. The molecule has 3 aromatic heterocycles. The van der Waals surface area contributed by atoms with Gasteiger partial charge in [0.15, 0.2) is 0 Å². The molecule has 0 N–H and O–H groups in total. The number of aromatic nitrogens is 2. The van der Waals surface area contributed by atoms with Gasteiger partial charge in [-0.05, 0) is 49.5 Å². The van der Waals surface area contributed by atoms with Gasteiger partial charge < -0.3 is 8.83 Å². The first kappa shape index (κ1) is 22.0. The number of piperidine rings is 1. The molecule has 5 rings (SSSR count). The van der Waals surface area contributed by atoms with Crippen molar-refractivity contribution >= 4 is 23.0 Å². The number of hydrogen-bond donors (Lipinski definition) is 0. The molecule has 5 heterocycles. The van der Waals surface area contributed by atoms with Gasteiger partial charge in [-0.15, -0.1) is 21.5 Å². The van der Waals surface area contributed by atoms with Crippen LogP contribution in [0.5, 0.6) is 0 Å². The molecular weight excluding hydrogens is 438 g/mol. The lowest BCUT2D eigenvalue weighted by molar-refractivity contribution is -0.134. The zero-order chi connectivity index (χ0) is 23.0. The van der Waals surface area contributed by atoms with E-state index in [0.29, 0.717) is 24.7 Å². The number of rotatable bonds is 5. The molecule has 0 unspecified atom stereocenters. The van der Waals surface area contributed by atoms with Crippen LogP contribution in [0.25, 0.3) is 0 Å². The number of carbonyl (C=O) groups is 1. The van der Waals surface area contributed by atoms with E-state index in [9.17, 15) is 4.79 Å². The van der Waals surface area contributed by atoms with Crippen LogP contribution in [0.1, 0.15) is 74.4 Å². The molecule has 1 atom stereocenters. The third-order valence-electron chi connectivity index (χ3n) is 6.22. The molecule has 33 heavy (non-hydrogen) atoms. The Bertz CT molecular complexity index is 1110. The van der Waals surface area contributed by atoms with Gasteiger partial charge in [0.25, 0.3) is 5.91 Å². The highest BCUT2D eigenvalue weighted by Crippen LogP contribution is 2.35. The molecule has 9 heteroatoms. The highest BCUT2D eigenvalue weighted by atomic mass is 32.1. The molecule has 0 aromatic carbocycles. The van der Waals surface area contributed by atoms with Crippen LogP contribution in [0.15, 0.2) is 49.8 Å². The van der Waals surface area contributed by atoms with E-state index in [4.69, 9.17) is 13.9 Å². The fraction of sp³-hybridized carbons (Fsp3) is 0.500. The van der Waals surface area contributed by atoms with E-state index in [-0.39, 0.29) is 23.3 Å². The van der Waals surface area contributed by atoms with Gasteiger partial charge in [-0.1, -0.05) is 26.8 Å². The molecule has 0 radical (unpaired) electrons. The lowest BCUT2D eigenvalue weighted by Gasteiger charge is -2.31. The van der Waals surface area contributed by atoms with Crippen LogP contribution < -0.4 is 0 Å². The third kappa shape index (κ3) is 4.65. The lowest BCUT2D eigenvalue weighted by atomic mass is 9.96. The van der Waals surface area contributed by atoms with Gasteiger partial charge in [0, 0.05) is 17.8 Å². The van der Waals surface area contributed by atoms with E-state index in [0.717, 1.165) is 42.3 Å². The topological polar surface area (TPSA) is 88.0 Å². The van der Waals surface area contributed by atoms with Crippen molar-refractivity contribution in [3.05, 3.63) is 58.3 Å². The van der Waals surface area contributed by atoms with Crippen LogP contribution in [0.4, 0.5) is 0 Å². The fourth-order valence-electron chi connectivity index (χ4n) is 4.34. The average Bonchev–Trinajstić information content (AvgIpc) is 3.59. The maximum atomic E-state index is 13.3. The van der Waals surface area contributed by atoms with Gasteiger partial charge in [0.2, 0.25) is 11.8 Å². The largest absolute Gasteiger partial charge is 0.467 e. The number of nitrogens with zero attached hydrogens (tertiary/aromatic N) is 5. The zero-order valence-corrected chi connectivity index (χ0v) is 20.0. The van der Waals surface area contributed by atoms with Crippen molar-refractivity contribution in [1.82, 2.24) is 20.1 Å². The molecule has 2 aliphatic rings. The van der Waals surface area contributed by atoms with Crippen molar-refractivity contribution in [3.8, 4) is 0 Å². The second-order valence-electron chi connectivity index (χ2n) is 9.74. The summed E-state index contributed by atoms with van der Waals surface area (Å²) < 4.78 is 11.6. The number of hydrazone groups is 1. The Morgan fingerprint density at radius 2 is 2.00 bits per heavy atom. The summed E-state index contributed by atoms with van der Waals surface area (Å²) in [6.45, 7) is 8.16. The number of hydrogen-bond acceptors (Lipinski definition) is 8. The molecule has 8 nitrogen and oxygen atoms in total. The first-order valence-electron chi connectivity index (χ1n) is 11.4. The Hall–Kier alpha value is -2.78. The maximum Gasteiger partial charge on any atom is 0.257 e. The molecule has 1 saturated heterocycles. The molecular formula is C24H29N5O3S. The summed E-state index contributed by atoms with van der Waals surface area (Å²) in [7, 11) is 0. The van der Waals surface area contributed by atoms with Crippen LogP contribution in [-0.2, 0) is 10.2 Å². The third-order valence-corrected chi connectivity index (χ3v) is 7.14. The Morgan fingerprint density at radius 3 is 2.64 bits per heavy atom. The summed E-state index contributed by atoms with van der Waals surface area (Å²) >= 11 is 1.64. The van der Waals surface area contributed by atoms with E-state index >= 15 is 0 Å². The van der Waals surface area contributed by atoms with Gasteiger partial charge in [-0.2, -0.15) is 5.10 Å². The van der Waals surface area contributed by atoms with Gasteiger partial charge in [-0.3, -0.25) is 9.69 Å². The van der Waals surface area contributed by atoms with Crippen molar-refractivity contribution in [2.24, 2.45) is 5.10 Å². The van der Waals surface area contributed by atoms with Crippen molar-refractivity contribution in [3.63, 3.8) is 0 Å². The van der Waals surface area contributed by atoms with Crippen LogP contribution >= 0.6 is 11.3 Å². The molecule has 3 aromatic rings. The van der Waals surface area contributed by atoms with E-state index in [1.807, 2.05) is 29.6 Å². The quantitative estimate of drug-likeness (QED) is 0.546. The molecule has 1 amide bonds. The smallest absolute Gasteiger partial charge is 0.257 e. The molecule has 0 bridgehead atoms. The van der Waals surface area contributed by atoms with Crippen molar-refractivity contribution in [1.29, 1.82) is 0 Å². The molecule has 2 aliphatic heterocycles.